The molecule has 0 spiro atoms. The van der Waals surface area contributed by atoms with Crippen molar-refractivity contribution < 1.29 is 9.16 Å². The maximum absolute atomic E-state index is 6.15. The van der Waals surface area contributed by atoms with Gasteiger partial charge in [0.25, 0.3) is 0 Å². The van der Waals surface area contributed by atoms with Crippen molar-refractivity contribution in [3.8, 4) is 0 Å². The minimum Gasteiger partial charge on any atom is -0.417 e. The highest BCUT2D eigenvalue weighted by molar-refractivity contribution is 6.71. The van der Waals surface area contributed by atoms with E-state index in [-0.39, 0.29) is 5.41 Å². The third kappa shape index (κ3) is 8.31. The van der Waals surface area contributed by atoms with Crippen molar-refractivity contribution in [1.29, 1.82) is 0 Å². The lowest BCUT2D eigenvalue weighted by molar-refractivity contribution is 0.0385. The fraction of sp³-hybridized carbons (Fsp3) is 1.00. The molecule has 0 aromatic rings. The fourth-order valence-corrected chi connectivity index (χ4v) is 3.62. The topological polar surface area (TPSA) is 18.5 Å². The van der Waals surface area contributed by atoms with E-state index in [9.17, 15) is 0 Å². The van der Waals surface area contributed by atoms with Gasteiger partial charge in [-0.1, -0.05) is 33.6 Å². The third-order valence-electron chi connectivity index (χ3n) is 2.68. The molecule has 0 saturated carbocycles. The normalized spacial score (nSPS) is 13.1. The van der Waals surface area contributed by atoms with Gasteiger partial charge in [-0.15, -0.1) is 0 Å². The summed E-state index contributed by atoms with van der Waals surface area (Å²) in [6.45, 7) is 15.8. The maximum Gasteiger partial charge on any atom is 0.186 e. The molecule has 0 amide bonds. The monoisotopic (exact) mass is 246 g/mol. The molecule has 0 bridgehead atoms. The Morgan fingerprint density at radius 3 is 2.19 bits per heavy atom. The first-order chi connectivity index (χ1) is 7.33. The molecule has 0 aromatic heterocycles. The van der Waals surface area contributed by atoms with Crippen LogP contribution >= 0.6 is 0 Å². The van der Waals surface area contributed by atoms with Crippen LogP contribution in [0, 0.1) is 5.41 Å². The fourth-order valence-electron chi connectivity index (χ4n) is 1.49. The largest absolute Gasteiger partial charge is 0.417 e. The molecule has 2 nitrogen and oxygen atoms in total. The number of rotatable bonds is 9. The molecule has 0 radical (unpaired) electrons. The van der Waals surface area contributed by atoms with Crippen LogP contribution in [0.4, 0.5) is 0 Å². The zero-order valence-corrected chi connectivity index (χ0v) is 13.1. The van der Waals surface area contributed by atoms with Crippen LogP contribution in [0.1, 0.15) is 40.5 Å². The summed E-state index contributed by atoms with van der Waals surface area (Å²) in [4.78, 5) is 0. The molecule has 0 heterocycles. The summed E-state index contributed by atoms with van der Waals surface area (Å²) >= 11 is 0. The van der Waals surface area contributed by atoms with Gasteiger partial charge in [0.1, 0.15) is 0 Å². The SMILES string of the molecule is CCCC[Si](C)(C)OCC(C)(C)COCC. The lowest BCUT2D eigenvalue weighted by Crippen LogP contribution is -2.36. The maximum atomic E-state index is 6.15. The molecular formula is C13H30O2Si. The standard InChI is InChI=1S/C13H30O2Si/c1-7-9-10-16(5,6)15-12-13(3,4)11-14-8-2/h7-12H2,1-6H3. The molecule has 0 fully saturated rings. The quantitative estimate of drug-likeness (QED) is 0.571. The molecule has 0 saturated heterocycles. The average molecular weight is 246 g/mol. The van der Waals surface area contributed by atoms with Crippen LogP contribution < -0.4 is 0 Å². The van der Waals surface area contributed by atoms with E-state index in [1.807, 2.05) is 6.92 Å². The van der Waals surface area contributed by atoms with E-state index in [0.29, 0.717) is 0 Å². The molecular weight excluding hydrogens is 216 g/mol. The third-order valence-corrected chi connectivity index (χ3v) is 5.17. The number of hydrogen-bond acceptors (Lipinski definition) is 2. The highest BCUT2D eigenvalue weighted by Crippen LogP contribution is 2.22. The van der Waals surface area contributed by atoms with Crippen LogP contribution in [-0.4, -0.2) is 28.1 Å². The van der Waals surface area contributed by atoms with Crippen molar-refractivity contribution in [3.63, 3.8) is 0 Å². The van der Waals surface area contributed by atoms with Crippen molar-refractivity contribution in [3.05, 3.63) is 0 Å². The highest BCUT2D eigenvalue weighted by Gasteiger charge is 2.26. The molecule has 0 aliphatic rings. The Bertz CT molecular complexity index is 159. The first-order valence-corrected chi connectivity index (χ1v) is 9.66. The molecule has 0 atom stereocenters. The van der Waals surface area contributed by atoms with Gasteiger partial charge in [0.2, 0.25) is 0 Å². The highest BCUT2D eigenvalue weighted by atomic mass is 28.4. The van der Waals surface area contributed by atoms with Gasteiger partial charge in [0.15, 0.2) is 8.32 Å². The zero-order valence-electron chi connectivity index (χ0n) is 12.1. The van der Waals surface area contributed by atoms with Gasteiger partial charge < -0.3 is 9.16 Å². The summed E-state index contributed by atoms with van der Waals surface area (Å²) in [5, 5.41) is 0. The smallest absolute Gasteiger partial charge is 0.186 e. The molecule has 16 heavy (non-hydrogen) atoms. The van der Waals surface area contributed by atoms with Crippen LogP contribution in [0.5, 0.6) is 0 Å². The number of ether oxygens (including phenoxy) is 1. The van der Waals surface area contributed by atoms with Crippen LogP contribution in [0.2, 0.25) is 19.1 Å². The summed E-state index contributed by atoms with van der Waals surface area (Å²) in [5.41, 5.74) is 0.145. The summed E-state index contributed by atoms with van der Waals surface area (Å²) in [6.07, 6.45) is 2.56. The van der Waals surface area contributed by atoms with Gasteiger partial charge in [0.05, 0.1) is 6.61 Å². The van der Waals surface area contributed by atoms with Crippen molar-refractivity contribution in [2.75, 3.05) is 19.8 Å². The van der Waals surface area contributed by atoms with Gasteiger partial charge in [-0.25, -0.2) is 0 Å². The van der Waals surface area contributed by atoms with Crippen LogP contribution in [0.3, 0.4) is 0 Å². The molecule has 0 aliphatic heterocycles. The first kappa shape index (κ1) is 16.1. The van der Waals surface area contributed by atoms with Gasteiger partial charge in [0, 0.05) is 18.6 Å². The minimum absolute atomic E-state index is 0.145. The second-order valence-electron chi connectivity index (χ2n) is 5.95. The summed E-state index contributed by atoms with van der Waals surface area (Å²) in [7, 11) is -1.43. The number of unbranched alkanes of at least 4 members (excludes halogenated alkanes) is 1. The van der Waals surface area contributed by atoms with Crippen molar-refractivity contribution in [1.82, 2.24) is 0 Å². The predicted molar refractivity (Wildman–Crippen MR) is 73.4 cm³/mol. The molecule has 0 rings (SSSR count). The number of hydrogen-bond donors (Lipinski definition) is 0. The Morgan fingerprint density at radius 2 is 1.69 bits per heavy atom. The van der Waals surface area contributed by atoms with E-state index in [1.54, 1.807) is 0 Å². The van der Waals surface area contributed by atoms with Crippen LogP contribution in [0.25, 0.3) is 0 Å². The Balaban J connectivity index is 3.91. The lowest BCUT2D eigenvalue weighted by atomic mass is 9.97. The van der Waals surface area contributed by atoms with Gasteiger partial charge in [-0.3, -0.25) is 0 Å². The van der Waals surface area contributed by atoms with E-state index in [0.717, 1.165) is 19.8 Å². The molecule has 0 N–H and O–H groups in total. The Hall–Kier alpha value is 0.137. The van der Waals surface area contributed by atoms with Crippen molar-refractivity contribution >= 4 is 8.32 Å². The molecule has 98 valence electrons. The van der Waals surface area contributed by atoms with E-state index in [1.165, 1.54) is 18.9 Å². The van der Waals surface area contributed by atoms with Crippen LogP contribution in [-0.2, 0) is 9.16 Å². The van der Waals surface area contributed by atoms with Gasteiger partial charge >= 0.3 is 0 Å². The van der Waals surface area contributed by atoms with Gasteiger partial charge in [-0.05, 0) is 26.1 Å². The average Bonchev–Trinajstić information content (AvgIpc) is 2.22. The van der Waals surface area contributed by atoms with Crippen molar-refractivity contribution in [2.45, 2.75) is 59.7 Å². The first-order valence-electron chi connectivity index (χ1n) is 6.55. The summed E-state index contributed by atoms with van der Waals surface area (Å²) < 4.78 is 11.6. The van der Waals surface area contributed by atoms with E-state index in [2.05, 4.69) is 33.9 Å². The molecule has 3 heteroatoms. The summed E-state index contributed by atoms with van der Waals surface area (Å²) in [5.74, 6) is 0. The second-order valence-corrected chi connectivity index (χ2v) is 10.3. The molecule has 0 aliphatic carbocycles. The zero-order chi connectivity index (χ0) is 12.7. The van der Waals surface area contributed by atoms with E-state index in [4.69, 9.17) is 9.16 Å². The van der Waals surface area contributed by atoms with E-state index < -0.39 is 8.32 Å². The minimum atomic E-state index is -1.43. The lowest BCUT2D eigenvalue weighted by Gasteiger charge is -2.30. The summed E-state index contributed by atoms with van der Waals surface area (Å²) in [6, 6.07) is 1.27. The van der Waals surface area contributed by atoms with Crippen molar-refractivity contribution in [2.24, 2.45) is 5.41 Å². The second kappa shape index (κ2) is 7.46. The molecule has 0 unspecified atom stereocenters. The Morgan fingerprint density at radius 1 is 1.06 bits per heavy atom. The Labute approximate surface area is 103 Å². The van der Waals surface area contributed by atoms with Crippen LogP contribution in [0.15, 0.2) is 0 Å². The Kier molecular flexibility index (Phi) is 7.52. The predicted octanol–water partition coefficient (Wildman–Crippen LogP) is 4.07. The molecule has 0 aromatic carbocycles. The van der Waals surface area contributed by atoms with Gasteiger partial charge in [-0.2, -0.15) is 0 Å². The van der Waals surface area contributed by atoms with E-state index >= 15 is 0 Å².